The minimum absolute atomic E-state index is 0. The van der Waals surface area contributed by atoms with E-state index in [1.54, 1.807) is 20.8 Å². The van der Waals surface area contributed by atoms with E-state index < -0.39 is 11.7 Å². The van der Waals surface area contributed by atoms with E-state index in [0.717, 1.165) is 0 Å². The second kappa shape index (κ2) is 13.5. The van der Waals surface area contributed by atoms with Crippen LogP contribution in [0.2, 0.25) is 0 Å². The summed E-state index contributed by atoms with van der Waals surface area (Å²) in [5.74, 6) is 0. The van der Waals surface area contributed by atoms with Crippen LogP contribution in [-0.4, -0.2) is 11.7 Å². The number of ether oxygens (including phenoxy) is 1. The maximum Gasteiger partial charge on any atom is 2.00 e. The van der Waals surface area contributed by atoms with E-state index in [0.29, 0.717) is 0 Å². The van der Waals surface area contributed by atoms with Crippen LogP contribution in [0.25, 0.3) is 5.73 Å². The molecule has 0 unspecified atom stereocenters. The van der Waals surface area contributed by atoms with E-state index in [4.69, 9.17) is 11.5 Å². The van der Waals surface area contributed by atoms with Crippen molar-refractivity contribution in [3.8, 4) is 0 Å². The zero-order valence-corrected chi connectivity index (χ0v) is 14.3. The van der Waals surface area contributed by atoms with Gasteiger partial charge in [-0.1, -0.05) is 0 Å². The van der Waals surface area contributed by atoms with Crippen molar-refractivity contribution in [3.63, 3.8) is 0 Å². The Bertz CT molecular complexity index is 149. The van der Waals surface area contributed by atoms with Gasteiger partial charge in [0.25, 0.3) is 0 Å². The van der Waals surface area contributed by atoms with Gasteiger partial charge in [-0.25, -0.2) is 12.7 Å². The topological polar surface area (TPSA) is 76.1 Å². The van der Waals surface area contributed by atoms with Crippen LogP contribution >= 0.6 is 0 Å². The van der Waals surface area contributed by atoms with E-state index in [-0.39, 0.29) is 49.7 Å². The molecule has 3 N–H and O–H groups in total. The molecule has 0 atom stereocenters. The van der Waals surface area contributed by atoms with Crippen LogP contribution in [-0.2, 0) is 23.3 Å². The molecule has 0 heterocycles. The van der Waals surface area contributed by atoms with Gasteiger partial charge < -0.3 is 16.2 Å². The van der Waals surface area contributed by atoms with Crippen molar-refractivity contribution in [1.82, 2.24) is 0 Å². The molecule has 6 heteroatoms. The van der Waals surface area contributed by atoms with Crippen molar-refractivity contribution < 1.29 is 59.2 Å². The molecule has 0 aliphatic heterocycles. The third kappa shape index (κ3) is 39.2. The van der Waals surface area contributed by atoms with Gasteiger partial charge in [0.05, 0.1) is 0 Å². The first-order valence-corrected chi connectivity index (χ1v) is 3.44. The van der Waals surface area contributed by atoms with Crippen molar-refractivity contribution in [2.45, 2.75) is 26.4 Å². The van der Waals surface area contributed by atoms with Crippen LogP contribution in [0.3, 0.4) is 0 Å². The Morgan fingerprint density at radius 3 is 1.86 bits per heavy atom. The van der Waals surface area contributed by atoms with Crippen LogP contribution in [0.5, 0.6) is 0 Å². The Morgan fingerprint density at radius 1 is 1.57 bits per heavy atom. The SMILES string of the molecule is C=C[CH-]N.CC(C)(C)OC([NH-])=O.[U+2].[V]. The molecule has 0 aliphatic carbocycles. The summed E-state index contributed by atoms with van der Waals surface area (Å²) in [6, 6.07) is 0. The molecule has 0 bridgehead atoms. The summed E-state index contributed by atoms with van der Waals surface area (Å²) >= 11 is 0. The third-order valence-electron chi connectivity index (χ3n) is 0.535. The zero-order chi connectivity index (χ0) is 10.2. The molecule has 0 aliphatic rings. The minimum atomic E-state index is -0.975. The monoisotopic (exact) mass is 461 g/mol. The van der Waals surface area contributed by atoms with E-state index in [2.05, 4.69) is 11.3 Å². The summed E-state index contributed by atoms with van der Waals surface area (Å²) in [4.78, 5) is 9.90. The number of nitrogens with one attached hydrogen (secondary N) is 1. The number of rotatable bonds is 1. The fourth-order valence-electron chi connectivity index (χ4n) is 0.278. The fraction of sp³-hybridized carbons (Fsp3) is 0.500. The predicted molar refractivity (Wildman–Crippen MR) is 49.2 cm³/mol. The first-order chi connectivity index (χ1) is 5.33. The number of carbonyl (C=O) groups is 1. The van der Waals surface area contributed by atoms with Gasteiger partial charge in [0, 0.05) is 18.6 Å². The summed E-state index contributed by atoms with van der Waals surface area (Å²) < 4.78 is 4.47. The smallest absolute Gasteiger partial charge is 0.632 e. The largest absolute Gasteiger partial charge is 2.00 e. The summed E-state index contributed by atoms with van der Waals surface area (Å²) in [5.41, 5.74) is 10.6. The molecule has 0 rings (SSSR count). The molecule has 1 amide bonds. The van der Waals surface area contributed by atoms with Crippen molar-refractivity contribution in [2.24, 2.45) is 5.73 Å². The molecular formula is C8H16N2O2UV. The molecule has 0 aromatic rings. The van der Waals surface area contributed by atoms with E-state index in [1.807, 2.05) is 0 Å². The van der Waals surface area contributed by atoms with Gasteiger partial charge in [0.15, 0.2) is 0 Å². The average molecular weight is 461 g/mol. The van der Waals surface area contributed by atoms with Gasteiger partial charge in [0.1, 0.15) is 5.60 Å². The fourth-order valence-corrected chi connectivity index (χ4v) is 0.278. The third-order valence-corrected chi connectivity index (χ3v) is 0.535. The molecule has 1 radical (unpaired) electrons. The molecule has 79 valence electrons. The number of hydrogen-bond donors (Lipinski definition) is 1. The molecule has 0 saturated heterocycles. The number of nitrogens with two attached hydrogens (primary N) is 1. The second-order valence-electron chi connectivity index (χ2n) is 2.93. The van der Waals surface area contributed by atoms with Crippen LogP contribution in [0, 0.1) is 37.7 Å². The van der Waals surface area contributed by atoms with E-state index in [9.17, 15) is 4.79 Å². The molecule has 0 spiro atoms. The summed E-state index contributed by atoms with van der Waals surface area (Å²) in [5, 5.41) is 0. The summed E-state index contributed by atoms with van der Waals surface area (Å²) in [7, 11) is 0. The van der Waals surface area contributed by atoms with Crippen molar-refractivity contribution in [3.05, 3.63) is 24.9 Å². The molecule has 4 nitrogen and oxygen atoms in total. The Hall–Kier alpha value is 0.476. The Morgan fingerprint density at radius 2 is 1.86 bits per heavy atom. The number of carbonyl (C=O) groups excluding carboxylic acids is 1. The van der Waals surface area contributed by atoms with Gasteiger partial charge in [-0.2, -0.15) is 6.54 Å². The van der Waals surface area contributed by atoms with Gasteiger partial charge in [-0.05, 0) is 20.8 Å². The maximum absolute atomic E-state index is 9.90. The summed E-state index contributed by atoms with van der Waals surface area (Å²) in [6.45, 7) is 9.85. The standard InChI is InChI=1S/C5H11NO2.C3H6N.U.V/c1-5(2,3)8-4(6)7;1-2-3-4;;/h1-3H3,(H2,6,7);2-3H,1,4H2;;/q;-1;+2;/p-1. The van der Waals surface area contributed by atoms with Crippen LogP contribution in [0.15, 0.2) is 12.7 Å². The molecule has 0 aromatic carbocycles. The predicted octanol–water partition coefficient (Wildman–Crippen LogP) is 2.26. The quantitative estimate of drug-likeness (QED) is 0.609. The van der Waals surface area contributed by atoms with Crippen molar-refractivity contribution in [2.75, 3.05) is 0 Å². The molecule has 0 saturated carbocycles. The molecule has 0 aromatic heterocycles. The summed E-state index contributed by atoms with van der Waals surface area (Å²) in [6.07, 6.45) is 0.553. The van der Waals surface area contributed by atoms with Gasteiger partial charge >= 0.3 is 31.1 Å². The van der Waals surface area contributed by atoms with Gasteiger partial charge in [-0.15, -0.1) is 0 Å². The molecular weight excluding hydrogens is 445 g/mol. The van der Waals surface area contributed by atoms with Crippen LogP contribution in [0.4, 0.5) is 4.79 Å². The molecule has 14 heavy (non-hydrogen) atoms. The van der Waals surface area contributed by atoms with Gasteiger partial charge in [-0.3, -0.25) is 4.79 Å². The average Bonchev–Trinajstić information content (AvgIpc) is 1.83. The Labute approximate surface area is 121 Å². The number of hydrogen-bond acceptors (Lipinski definition) is 3. The normalized spacial score (nSPS) is 7.71. The Kier molecular flexibility index (Phi) is 23.1. The Balaban J connectivity index is -0.0000000733. The number of amides is 1. The van der Waals surface area contributed by atoms with Crippen molar-refractivity contribution in [1.29, 1.82) is 0 Å². The van der Waals surface area contributed by atoms with E-state index >= 15 is 0 Å². The van der Waals surface area contributed by atoms with Crippen LogP contribution < -0.4 is 5.73 Å². The first kappa shape index (κ1) is 24.0. The maximum atomic E-state index is 9.90. The second-order valence-corrected chi connectivity index (χ2v) is 2.93. The molecule has 0 fully saturated rings. The minimum Gasteiger partial charge on any atom is -0.632 e. The van der Waals surface area contributed by atoms with Crippen LogP contribution in [0.1, 0.15) is 20.8 Å². The zero-order valence-electron chi connectivity index (χ0n) is 8.70. The first-order valence-electron chi connectivity index (χ1n) is 3.44. The van der Waals surface area contributed by atoms with Crippen molar-refractivity contribution >= 4 is 6.09 Å². The van der Waals surface area contributed by atoms with Gasteiger partial charge in [0.2, 0.25) is 6.09 Å². The van der Waals surface area contributed by atoms with E-state index in [1.165, 1.54) is 12.6 Å².